The van der Waals surface area contributed by atoms with Crippen LogP contribution in [0.15, 0.2) is 59.8 Å². The number of hydrogen-bond donors (Lipinski definition) is 1. The molecule has 9 heteroatoms. The highest BCUT2D eigenvalue weighted by Crippen LogP contribution is 2.30. The summed E-state index contributed by atoms with van der Waals surface area (Å²) < 4.78 is 66.5. The van der Waals surface area contributed by atoms with Gasteiger partial charge in [-0.05, 0) is 30.3 Å². The SMILES string of the molecule is O=S(=O)(NCc1cnn2ccccc12)c1cccc(C(F)(F)F)c1. The molecule has 0 aliphatic heterocycles. The topological polar surface area (TPSA) is 63.5 Å². The second-order valence-corrected chi connectivity index (χ2v) is 6.82. The van der Waals surface area contributed by atoms with Gasteiger partial charge in [-0.1, -0.05) is 12.1 Å². The minimum Gasteiger partial charge on any atom is -0.241 e. The smallest absolute Gasteiger partial charge is 0.241 e. The average Bonchev–Trinajstić information content (AvgIpc) is 2.96. The van der Waals surface area contributed by atoms with Gasteiger partial charge in [0.1, 0.15) is 0 Å². The minimum atomic E-state index is -4.60. The summed E-state index contributed by atoms with van der Waals surface area (Å²) in [4.78, 5) is -0.436. The molecule has 0 atom stereocenters. The Bertz CT molecular complexity index is 981. The van der Waals surface area contributed by atoms with Gasteiger partial charge in [-0.25, -0.2) is 17.7 Å². The highest BCUT2D eigenvalue weighted by atomic mass is 32.2. The third kappa shape index (κ3) is 3.26. The summed E-state index contributed by atoms with van der Waals surface area (Å²) in [5, 5.41) is 4.07. The number of halogens is 3. The molecule has 24 heavy (non-hydrogen) atoms. The lowest BCUT2D eigenvalue weighted by Crippen LogP contribution is -2.23. The van der Waals surface area contributed by atoms with E-state index in [-0.39, 0.29) is 6.54 Å². The fourth-order valence-corrected chi connectivity index (χ4v) is 3.27. The molecule has 0 spiro atoms. The molecule has 5 nitrogen and oxygen atoms in total. The lowest BCUT2D eigenvalue weighted by Gasteiger charge is -2.10. The van der Waals surface area contributed by atoms with Crippen LogP contribution in [0.5, 0.6) is 0 Å². The molecule has 0 bridgehead atoms. The van der Waals surface area contributed by atoms with E-state index in [4.69, 9.17) is 0 Å². The molecule has 3 rings (SSSR count). The maximum atomic E-state index is 12.7. The molecular formula is C15H12F3N3O2S. The number of benzene rings is 1. The maximum Gasteiger partial charge on any atom is 0.416 e. The molecule has 0 aliphatic rings. The van der Waals surface area contributed by atoms with Gasteiger partial charge in [0.05, 0.1) is 22.2 Å². The Kier molecular flexibility index (Phi) is 4.06. The monoisotopic (exact) mass is 355 g/mol. The van der Waals surface area contributed by atoms with Crippen molar-refractivity contribution >= 4 is 15.5 Å². The van der Waals surface area contributed by atoms with Gasteiger partial charge < -0.3 is 0 Å². The molecule has 2 heterocycles. The number of nitrogens with zero attached hydrogens (tertiary/aromatic N) is 2. The van der Waals surface area contributed by atoms with Crippen molar-refractivity contribution in [3.05, 3.63) is 66.0 Å². The zero-order valence-corrected chi connectivity index (χ0v) is 13.0. The number of fused-ring (bicyclic) bond motifs is 1. The van der Waals surface area contributed by atoms with Gasteiger partial charge in [0.2, 0.25) is 10.0 Å². The van der Waals surface area contributed by atoms with E-state index in [2.05, 4.69) is 9.82 Å². The van der Waals surface area contributed by atoms with Crippen molar-refractivity contribution in [3.63, 3.8) is 0 Å². The van der Waals surface area contributed by atoms with E-state index in [0.717, 1.165) is 18.2 Å². The summed E-state index contributed by atoms with van der Waals surface area (Å²) in [7, 11) is -4.07. The van der Waals surface area contributed by atoms with Gasteiger partial charge in [0.15, 0.2) is 0 Å². The second-order valence-electron chi connectivity index (χ2n) is 5.05. The molecule has 0 radical (unpaired) electrons. The normalized spacial score (nSPS) is 12.6. The number of pyridine rings is 1. The van der Waals surface area contributed by atoms with E-state index in [1.54, 1.807) is 28.9 Å². The van der Waals surface area contributed by atoms with E-state index in [1.807, 2.05) is 0 Å². The van der Waals surface area contributed by atoms with Crippen molar-refractivity contribution in [1.82, 2.24) is 14.3 Å². The Morgan fingerprint density at radius 1 is 1.12 bits per heavy atom. The summed E-state index contributed by atoms with van der Waals surface area (Å²) in [6.07, 6.45) is -1.39. The fraction of sp³-hybridized carbons (Fsp3) is 0.133. The first-order valence-corrected chi connectivity index (χ1v) is 8.34. The van der Waals surface area contributed by atoms with Crippen LogP contribution >= 0.6 is 0 Å². The summed E-state index contributed by atoms with van der Waals surface area (Å²) in [6, 6.07) is 8.93. The molecule has 0 saturated carbocycles. The van der Waals surface area contributed by atoms with Crippen molar-refractivity contribution in [3.8, 4) is 0 Å². The van der Waals surface area contributed by atoms with Gasteiger partial charge >= 0.3 is 6.18 Å². The Morgan fingerprint density at radius 3 is 2.67 bits per heavy atom. The third-order valence-corrected chi connectivity index (χ3v) is 4.83. The fourth-order valence-electron chi connectivity index (χ4n) is 2.22. The molecule has 0 unspecified atom stereocenters. The lowest BCUT2D eigenvalue weighted by molar-refractivity contribution is -0.137. The standard InChI is InChI=1S/C15H12F3N3O2S/c16-15(17,18)12-4-3-5-13(8-12)24(22,23)20-10-11-9-19-21-7-2-1-6-14(11)21/h1-9,20H,10H2. The quantitative estimate of drug-likeness (QED) is 0.783. The number of hydrogen-bond acceptors (Lipinski definition) is 3. The zero-order valence-electron chi connectivity index (χ0n) is 12.2. The summed E-state index contributed by atoms with van der Waals surface area (Å²) in [6.45, 7) is -0.0773. The zero-order chi connectivity index (χ0) is 17.4. The number of rotatable bonds is 4. The van der Waals surface area contributed by atoms with E-state index >= 15 is 0 Å². The number of sulfonamides is 1. The van der Waals surface area contributed by atoms with Crippen LogP contribution in [0.4, 0.5) is 13.2 Å². The molecule has 126 valence electrons. The molecule has 3 aromatic rings. The van der Waals surface area contributed by atoms with Gasteiger partial charge in [-0.2, -0.15) is 18.3 Å². The molecule has 0 amide bonds. The molecular weight excluding hydrogens is 343 g/mol. The predicted molar refractivity (Wildman–Crippen MR) is 80.7 cm³/mol. The summed E-state index contributed by atoms with van der Waals surface area (Å²) >= 11 is 0. The van der Waals surface area contributed by atoms with Gasteiger partial charge in [0, 0.05) is 18.3 Å². The van der Waals surface area contributed by atoms with Crippen LogP contribution in [0.25, 0.3) is 5.52 Å². The largest absolute Gasteiger partial charge is 0.416 e. The molecule has 0 fully saturated rings. The van der Waals surface area contributed by atoms with Crippen molar-refractivity contribution < 1.29 is 21.6 Å². The maximum absolute atomic E-state index is 12.7. The van der Waals surface area contributed by atoms with E-state index in [9.17, 15) is 21.6 Å². The molecule has 0 saturated heterocycles. The highest BCUT2D eigenvalue weighted by Gasteiger charge is 2.31. The molecule has 0 aliphatic carbocycles. The average molecular weight is 355 g/mol. The van der Waals surface area contributed by atoms with E-state index in [0.29, 0.717) is 17.1 Å². The van der Waals surface area contributed by atoms with Crippen LogP contribution in [0.2, 0.25) is 0 Å². The minimum absolute atomic E-state index is 0.0773. The molecule has 2 aromatic heterocycles. The van der Waals surface area contributed by atoms with Gasteiger partial charge in [0.25, 0.3) is 0 Å². The first-order chi connectivity index (χ1) is 11.3. The van der Waals surface area contributed by atoms with Crippen LogP contribution in [-0.2, 0) is 22.7 Å². The van der Waals surface area contributed by atoms with Gasteiger partial charge in [-0.15, -0.1) is 0 Å². The summed E-state index contributed by atoms with van der Waals surface area (Å²) in [5.41, 5.74) is 0.316. The van der Waals surface area contributed by atoms with E-state index < -0.39 is 26.7 Å². The van der Waals surface area contributed by atoms with Crippen LogP contribution < -0.4 is 4.72 Å². The third-order valence-electron chi connectivity index (χ3n) is 3.43. The van der Waals surface area contributed by atoms with Crippen molar-refractivity contribution in [1.29, 1.82) is 0 Å². The van der Waals surface area contributed by atoms with E-state index in [1.165, 1.54) is 6.20 Å². The van der Waals surface area contributed by atoms with Crippen LogP contribution in [0.1, 0.15) is 11.1 Å². The second kappa shape index (κ2) is 5.91. The van der Waals surface area contributed by atoms with Crippen molar-refractivity contribution in [2.75, 3.05) is 0 Å². The van der Waals surface area contributed by atoms with Crippen LogP contribution in [0, 0.1) is 0 Å². The Balaban J connectivity index is 1.84. The highest BCUT2D eigenvalue weighted by molar-refractivity contribution is 7.89. The Labute approximate surface area is 135 Å². The number of nitrogens with one attached hydrogen (secondary N) is 1. The Morgan fingerprint density at radius 2 is 1.92 bits per heavy atom. The Hall–Kier alpha value is -2.39. The first kappa shape index (κ1) is 16.5. The first-order valence-electron chi connectivity index (χ1n) is 6.85. The summed E-state index contributed by atoms with van der Waals surface area (Å²) in [5.74, 6) is 0. The predicted octanol–water partition coefficient (Wildman–Crippen LogP) is 2.83. The van der Waals surface area contributed by atoms with Crippen LogP contribution in [0.3, 0.4) is 0 Å². The molecule has 1 aromatic carbocycles. The van der Waals surface area contributed by atoms with Crippen molar-refractivity contribution in [2.45, 2.75) is 17.6 Å². The van der Waals surface area contributed by atoms with Crippen molar-refractivity contribution in [2.24, 2.45) is 0 Å². The molecule has 1 N–H and O–H groups in total. The van der Waals surface area contributed by atoms with Crippen LogP contribution in [-0.4, -0.2) is 18.0 Å². The lowest BCUT2D eigenvalue weighted by atomic mass is 10.2. The van der Waals surface area contributed by atoms with Gasteiger partial charge in [-0.3, -0.25) is 0 Å². The number of alkyl halides is 3. The number of aromatic nitrogens is 2.